The predicted octanol–water partition coefficient (Wildman–Crippen LogP) is 2.74. The fourth-order valence-electron chi connectivity index (χ4n) is 2.72. The Morgan fingerprint density at radius 3 is 2.27 bits per heavy atom. The third kappa shape index (κ3) is 3.67. The van der Waals surface area contributed by atoms with E-state index in [1.165, 1.54) is 19.6 Å². The lowest BCUT2D eigenvalue weighted by molar-refractivity contribution is 0.0600. The maximum absolute atomic E-state index is 12.9. The van der Waals surface area contributed by atoms with Gasteiger partial charge in [0.2, 0.25) is 10.0 Å². The fourth-order valence-corrected chi connectivity index (χ4v) is 4.49. The van der Waals surface area contributed by atoms with E-state index in [-0.39, 0.29) is 10.5 Å². The number of ether oxygens (including phenoxy) is 1. The summed E-state index contributed by atoms with van der Waals surface area (Å²) in [7, 11) is -2.28. The van der Waals surface area contributed by atoms with Gasteiger partial charge in [0.15, 0.2) is 0 Å². The number of carbonyl (C=O) groups excluding carboxylic acids is 1. The van der Waals surface area contributed by atoms with Crippen LogP contribution in [-0.4, -0.2) is 38.9 Å². The van der Waals surface area contributed by atoms with Crippen molar-refractivity contribution in [3.63, 3.8) is 0 Å². The van der Waals surface area contributed by atoms with Crippen LogP contribution in [0.5, 0.6) is 0 Å². The molecular weight excluding hydrogens is 302 g/mol. The fraction of sp³-hybridized carbons (Fsp3) is 0.562. The number of esters is 1. The summed E-state index contributed by atoms with van der Waals surface area (Å²) in [5.41, 5.74) is 0.911. The van der Waals surface area contributed by atoms with Gasteiger partial charge >= 0.3 is 5.97 Å². The Morgan fingerprint density at radius 1 is 1.09 bits per heavy atom. The Labute approximate surface area is 132 Å². The van der Waals surface area contributed by atoms with Crippen LogP contribution in [0.2, 0.25) is 0 Å². The van der Waals surface area contributed by atoms with Crippen LogP contribution in [0.4, 0.5) is 0 Å². The molecule has 0 amide bonds. The van der Waals surface area contributed by atoms with E-state index in [2.05, 4.69) is 4.74 Å². The monoisotopic (exact) mass is 325 g/mol. The molecule has 0 radical (unpaired) electrons. The van der Waals surface area contributed by atoms with Gasteiger partial charge in [-0.3, -0.25) is 0 Å². The van der Waals surface area contributed by atoms with Crippen LogP contribution in [-0.2, 0) is 14.8 Å². The van der Waals surface area contributed by atoms with Gasteiger partial charge in [-0.05, 0) is 37.5 Å². The molecule has 6 heteroatoms. The lowest BCUT2D eigenvalue weighted by Crippen LogP contribution is -2.34. The molecule has 1 aliphatic rings. The molecule has 1 fully saturated rings. The zero-order valence-electron chi connectivity index (χ0n) is 13.2. The Balaban J connectivity index is 2.36. The summed E-state index contributed by atoms with van der Waals surface area (Å²) in [6, 6.07) is 4.67. The summed E-state index contributed by atoms with van der Waals surface area (Å²) in [4.78, 5) is 11.9. The average Bonchev–Trinajstić information content (AvgIpc) is 2.46. The summed E-state index contributed by atoms with van der Waals surface area (Å²) in [5, 5.41) is 0. The third-order valence-corrected chi connectivity index (χ3v) is 6.08. The first-order valence-corrected chi connectivity index (χ1v) is 9.10. The molecule has 122 valence electrons. The van der Waals surface area contributed by atoms with E-state index >= 15 is 0 Å². The van der Waals surface area contributed by atoms with Gasteiger partial charge in [0.1, 0.15) is 0 Å². The van der Waals surface area contributed by atoms with Crippen LogP contribution < -0.4 is 0 Å². The molecule has 0 aromatic heterocycles. The molecule has 0 N–H and O–H groups in total. The molecule has 0 bridgehead atoms. The van der Waals surface area contributed by atoms with Crippen molar-refractivity contribution in [2.24, 2.45) is 0 Å². The largest absolute Gasteiger partial charge is 0.465 e. The Morgan fingerprint density at radius 2 is 1.68 bits per heavy atom. The van der Waals surface area contributed by atoms with E-state index in [0.29, 0.717) is 18.7 Å². The SMILES string of the molecule is COC(=O)c1ccc(C)c(S(=O)(=O)N2CCCCCCC2)c1. The quantitative estimate of drug-likeness (QED) is 0.802. The van der Waals surface area contributed by atoms with Gasteiger partial charge in [0.25, 0.3) is 0 Å². The molecule has 5 nitrogen and oxygen atoms in total. The number of benzene rings is 1. The van der Waals surface area contributed by atoms with Crippen molar-refractivity contribution in [1.82, 2.24) is 4.31 Å². The maximum atomic E-state index is 12.9. The van der Waals surface area contributed by atoms with E-state index in [9.17, 15) is 13.2 Å². The molecule has 2 rings (SSSR count). The second kappa shape index (κ2) is 7.24. The zero-order valence-corrected chi connectivity index (χ0v) is 14.0. The minimum Gasteiger partial charge on any atom is -0.465 e. The van der Waals surface area contributed by atoms with Crippen LogP contribution in [0.3, 0.4) is 0 Å². The average molecular weight is 325 g/mol. The highest BCUT2D eigenvalue weighted by molar-refractivity contribution is 7.89. The van der Waals surface area contributed by atoms with Gasteiger partial charge in [0, 0.05) is 13.1 Å². The van der Waals surface area contributed by atoms with Crippen molar-refractivity contribution in [3.05, 3.63) is 29.3 Å². The van der Waals surface area contributed by atoms with E-state index in [0.717, 1.165) is 25.7 Å². The number of aryl methyl sites for hydroxylation is 1. The highest BCUT2D eigenvalue weighted by Gasteiger charge is 2.27. The summed E-state index contributed by atoms with van der Waals surface area (Å²) in [6.45, 7) is 2.84. The Hall–Kier alpha value is -1.40. The van der Waals surface area contributed by atoms with E-state index in [1.54, 1.807) is 23.4 Å². The minimum atomic E-state index is -3.57. The molecule has 1 aromatic carbocycles. The van der Waals surface area contributed by atoms with E-state index in [4.69, 9.17) is 0 Å². The molecule has 0 aliphatic carbocycles. The summed E-state index contributed by atoms with van der Waals surface area (Å²) in [5.74, 6) is -0.524. The highest BCUT2D eigenvalue weighted by atomic mass is 32.2. The van der Waals surface area contributed by atoms with Crippen molar-refractivity contribution in [1.29, 1.82) is 0 Å². The molecule has 0 saturated carbocycles. The Bertz CT molecular complexity index is 632. The molecule has 1 heterocycles. The van der Waals surface area contributed by atoms with Gasteiger partial charge in [-0.15, -0.1) is 0 Å². The van der Waals surface area contributed by atoms with Crippen LogP contribution in [0.15, 0.2) is 23.1 Å². The van der Waals surface area contributed by atoms with Gasteiger partial charge in [-0.2, -0.15) is 4.31 Å². The number of hydrogen-bond acceptors (Lipinski definition) is 4. The van der Waals surface area contributed by atoms with Gasteiger partial charge in [-0.1, -0.05) is 25.3 Å². The molecule has 1 aliphatic heterocycles. The molecule has 1 aromatic rings. The molecule has 1 saturated heterocycles. The van der Waals surface area contributed by atoms with Crippen LogP contribution in [0.1, 0.15) is 48.0 Å². The number of nitrogens with zero attached hydrogens (tertiary/aromatic N) is 1. The number of methoxy groups -OCH3 is 1. The second-order valence-corrected chi connectivity index (χ2v) is 7.55. The number of hydrogen-bond donors (Lipinski definition) is 0. The van der Waals surface area contributed by atoms with Crippen molar-refractivity contribution < 1.29 is 17.9 Å². The molecule has 0 atom stereocenters. The number of sulfonamides is 1. The van der Waals surface area contributed by atoms with Gasteiger partial charge in [-0.25, -0.2) is 13.2 Å². The lowest BCUT2D eigenvalue weighted by Gasteiger charge is -2.25. The number of carbonyl (C=O) groups is 1. The van der Waals surface area contributed by atoms with Crippen LogP contribution >= 0.6 is 0 Å². The molecular formula is C16H23NO4S. The van der Waals surface area contributed by atoms with Crippen LogP contribution in [0, 0.1) is 6.92 Å². The molecule has 0 unspecified atom stereocenters. The Kier molecular flexibility index (Phi) is 5.58. The minimum absolute atomic E-state index is 0.205. The van der Waals surface area contributed by atoms with Crippen LogP contribution in [0.25, 0.3) is 0 Å². The standard InChI is InChI=1S/C16H23NO4S/c1-13-8-9-14(16(18)21-2)12-15(13)22(19,20)17-10-6-4-3-5-7-11-17/h8-9,12H,3-7,10-11H2,1-2H3. The smallest absolute Gasteiger partial charge is 0.337 e. The first kappa shape index (κ1) is 17.0. The summed E-state index contributed by atoms with van der Waals surface area (Å²) >= 11 is 0. The molecule has 0 spiro atoms. The zero-order chi connectivity index (χ0) is 16.2. The molecule has 22 heavy (non-hydrogen) atoms. The summed E-state index contributed by atoms with van der Waals surface area (Å²) < 4.78 is 32.0. The second-order valence-electron chi connectivity index (χ2n) is 5.64. The number of rotatable bonds is 3. The topological polar surface area (TPSA) is 63.7 Å². The van der Waals surface area contributed by atoms with Crippen molar-refractivity contribution in [2.45, 2.75) is 43.9 Å². The first-order chi connectivity index (χ1) is 10.5. The van der Waals surface area contributed by atoms with Crippen molar-refractivity contribution >= 4 is 16.0 Å². The first-order valence-electron chi connectivity index (χ1n) is 7.66. The maximum Gasteiger partial charge on any atom is 0.337 e. The van der Waals surface area contributed by atoms with E-state index < -0.39 is 16.0 Å². The lowest BCUT2D eigenvalue weighted by atomic mass is 10.1. The van der Waals surface area contributed by atoms with Crippen molar-refractivity contribution in [2.75, 3.05) is 20.2 Å². The third-order valence-electron chi connectivity index (χ3n) is 4.04. The highest BCUT2D eigenvalue weighted by Crippen LogP contribution is 2.24. The van der Waals surface area contributed by atoms with Gasteiger partial charge < -0.3 is 4.74 Å². The normalized spacial score (nSPS) is 17.5. The predicted molar refractivity (Wildman–Crippen MR) is 84.4 cm³/mol. The van der Waals surface area contributed by atoms with Gasteiger partial charge in [0.05, 0.1) is 17.6 Å². The van der Waals surface area contributed by atoms with Crippen molar-refractivity contribution in [3.8, 4) is 0 Å². The van der Waals surface area contributed by atoms with E-state index in [1.807, 2.05) is 0 Å². The summed E-state index contributed by atoms with van der Waals surface area (Å²) in [6.07, 6.45) is 5.06.